The van der Waals surface area contributed by atoms with Gasteiger partial charge >= 0.3 is 5.69 Å². The van der Waals surface area contributed by atoms with Gasteiger partial charge in [-0.05, 0) is 12.0 Å². The van der Waals surface area contributed by atoms with Crippen molar-refractivity contribution in [3.63, 3.8) is 0 Å². The molecule has 0 amide bonds. The summed E-state index contributed by atoms with van der Waals surface area (Å²) < 4.78 is 28.8. The highest BCUT2D eigenvalue weighted by molar-refractivity contribution is 7.91. The Morgan fingerprint density at radius 1 is 0.960 bits per heavy atom. The van der Waals surface area contributed by atoms with E-state index in [1.54, 1.807) is 0 Å². The van der Waals surface area contributed by atoms with E-state index in [2.05, 4.69) is 4.98 Å². The summed E-state index contributed by atoms with van der Waals surface area (Å²) in [5.41, 5.74) is -0.0774. The number of fused-ring (bicyclic) bond motifs is 1. The van der Waals surface area contributed by atoms with Crippen LogP contribution in [0.1, 0.15) is 5.56 Å². The minimum absolute atomic E-state index is 0.0638. The van der Waals surface area contributed by atoms with Crippen LogP contribution < -0.4 is 11.2 Å². The summed E-state index contributed by atoms with van der Waals surface area (Å²) in [7, 11) is 0.551. The maximum atomic E-state index is 12.7. The monoisotopic (exact) mass is 362 g/mol. The van der Waals surface area contributed by atoms with E-state index in [9.17, 15) is 18.0 Å². The Morgan fingerprint density at radius 3 is 2.24 bits per heavy atom. The van der Waals surface area contributed by atoms with Crippen LogP contribution in [0.25, 0.3) is 11.2 Å². The molecule has 2 heterocycles. The van der Waals surface area contributed by atoms with Gasteiger partial charge in [-0.2, -0.15) is 4.98 Å². The van der Waals surface area contributed by atoms with Crippen LogP contribution in [0.15, 0.2) is 45.1 Å². The molecule has 0 unspecified atom stereocenters. The van der Waals surface area contributed by atoms with Crippen LogP contribution >= 0.6 is 0 Å². The topological polar surface area (TPSA) is 96.0 Å². The Kier molecular flexibility index (Phi) is 4.11. The van der Waals surface area contributed by atoms with Gasteiger partial charge in [-0.15, -0.1) is 0 Å². The number of hydrogen-bond donors (Lipinski definition) is 0. The summed E-state index contributed by atoms with van der Waals surface area (Å²) >= 11 is 0. The van der Waals surface area contributed by atoms with E-state index in [4.69, 9.17) is 0 Å². The Labute approximate surface area is 143 Å². The third kappa shape index (κ3) is 2.80. The van der Waals surface area contributed by atoms with Crippen molar-refractivity contribution in [2.45, 2.75) is 11.6 Å². The smallest absolute Gasteiger partial charge is 0.312 e. The molecule has 0 N–H and O–H groups in total. The summed E-state index contributed by atoms with van der Waals surface area (Å²) in [6, 6.07) is 9.25. The fraction of sp³-hybridized carbons (Fsp3) is 0.312. The zero-order valence-electron chi connectivity index (χ0n) is 14.1. The lowest BCUT2D eigenvalue weighted by Gasteiger charge is -2.05. The number of imidazole rings is 1. The van der Waals surface area contributed by atoms with Crippen LogP contribution in [0.3, 0.4) is 0 Å². The quantitative estimate of drug-likeness (QED) is 0.650. The van der Waals surface area contributed by atoms with Crippen molar-refractivity contribution < 1.29 is 8.42 Å². The van der Waals surface area contributed by atoms with Crippen LogP contribution in [0.4, 0.5) is 0 Å². The van der Waals surface area contributed by atoms with Crippen molar-refractivity contribution in [3.05, 3.63) is 56.7 Å². The highest BCUT2D eigenvalue weighted by atomic mass is 32.2. The predicted molar refractivity (Wildman–Crippen MR) is 93.4 cm³/mol. The van der Waals surface area contributed by atoms with E-state index >= 15 is 0 Å². The molecule has 25 heavy (non-hydrogen) atoms. The van der Waals surface area contributed by atoms with Crippen LogP contribution in [0, 0.1) is 0 Å². The van der Waals surface area contributed by atoms with Gasteiger partial charge < -0.3 is 4.57 Å². The van der Waals surface area contributed by atoms with Gasteiger partial charge in [0.15, 0.2) is 11.2 Å². The van der Waals surface area contributed by atoms with E-state index in [0.29, 0.717) is 6.42 Å². The van der Waals surface area contributed by atoms with E-state index in [0.717, 1.165) is 10.1 Å². The molecule has 0 fully saturated rings. The third-order valence-corrected chi connectivity index (χ3v) is 5.88. The molecule has 8 nitrogen and oxygen atoms in total. The number of hydrogen-bond acceptors (Lipinski definition) is 5. The molecular weight excluding hydrogens is 344 g/mol. The van der Waals surface area contributed by atoms with Crippen molar-refractivity contribution in [2.75, 3.05) is 5.75 Å². The first kappa shape index (κ1) is 17.2. The molecule has 0 radical (unpaired) electrons. The Morgan fingerprint density at radius 2 is 1.60 bits per heavy atom. The second-order valence-corrected chi connectivity index (χ2v) is 7.89. The Hall–Kier alpha value is -2.68. The Balaban J connectivity index is 2.11. The van der Waals surface area contributed by atoms with Gasteiger partial charge in [0, 0.05) is 21.1 Å². The molecule has 0 aliphatic heterocycles. The highest BCUT2D eigenvalue weighted by Crippen LogP contribution is 2.16. The first-order chi connectivity index (χ1) is 11.7. The predicted octanol–water partition coefficient (Wildman–Crippen LogP) is -0.0129. The summed E-state index contributed by atoms with van der Waals surface area (Å²) in [5, 5.41) is -0.211. The number of aryl methyl sites for hydroxylation is 3. The molecule has 0 saturated heterocycles. The summed E-state index contributed by atoms with van der Waals surface area (Å²) in [5.74, 6) is -0.136. The summed E-state index contributed by atoms with van der Waals surface area (Å²) in [6.07, 6.45) is 0.337. The number of nitrogens with zero attached hydrogens (tertiary/aromatic N) is 4. The fourth-order valence-electron chi connectivity index (χ4n) is 2.76. The maximum absolute atomic E-state index is 12.7. The van der Waals surface area contributed by atoms with Gasteiger partial charge in [-0.1, -0.05) is 30.3 Å². The normalized spacial score (nSPS) is 12.0. The number of aromatic nitrogens is 4. The molecule has 132 valence electrons. The van der Waals surface area contributed by atoms with Gasteiger partial charge in [0.05, 0.1) is 5.75 Å². The molecule has 1 aromatic carbocycles. The van der Waals surface area contributed by atoms with Crippen molar-refractivity contribution in [3.8, 4) is 0 Å². The molecular formula is C16H18N4O4S. The van der Waals surface area contributed by atoms with E-state index < -0.39 is 21.1 Å². The van der Waals surface area contributed by atoms with Gasteiger partial charge in [-0.25, -0.2) is 13.2 Å². The van der Waals surface area contributed by atoms with Crippen LogP contribution in [-0.4, -0.2) is 32.9 Å². The molecule has 0 bridgehead atoms. The molecule has 0 aliphatic carbocycles. The molecule has 0 saturated carbocycles. The van der Waals surface area contributed by atoms with Crippen LogP contribution in [-0.2, 0) is 37.4 Å². The second-order valence-electron chi connectivity index (χ2n) is 5.89. The molecule has 0 spiro atoms. The van der Waals surface area contributed by atoms with Crippen LogP contribution in [0.5, 0.6) is 0 Å². The summed E-state index contributed by atoms with van der Waals surface area (Å²) in [6.45, 7) is 0. The van der Waals surface area contributed by atoms with Gasteiger partial charge in [0.25, 0.3) is 5.56 Å². The van der Waals surface area contributed by atoms with Gasteiger partial charge in [-0.3, -0.25) is 13.9 Å². The van der Waals surface area contributed by atoms with E-state index in [1.165, 1.54) is 30.3 Å². The Bertz CT molecular complexity index is 1170. The summed E-state index contributed by atoms with van der Waals surface area (Å²) in [4.78, 5) is 28.4. The number of rotatable bonds is 4. The molecule has 3 rings (SSSR count). The zero-order chi connectivity index (χ0) is 18.4. The number of benzene rings is 1. The van der Waals surface area contributed by atoms with E-state index in [1.807, 2.05) is 30.3 Å². The molecule has 0 atom stereocenters. The first-order valence-electron chi connectivity index (χ1n) is 7.63. The lowest BCUT2D eigenvalue weighted by molar-refractivity contribution is 0.579. The molecule has 9 heteroatoms. The average Bonchev–Trinajstić information content (AvgIpc) is 2.96. The molecule has 2 aromatic heterocycles. The zero-order valence-corrected chi connectivity index (χ0v) is 14.9. The number of sulfone groups is 1. The van der Waals surface area contributed by atoms with Gasteiger partial charge in [0.1, 0.15) is 0 Å². The van der Waals surface area contributed by atoms with Gasteiger partial charge in [0.2, 0.25) is 15.0 Å². The lowest BCUT2D eigenvalue weighted by Crippen LogP contribution is -2.37. The second kappa shape index (κ2) is 5.99. The lowest BCUT2D eigenvalue weighted by atomic mass is 10.2. The highest BCUT2D eigenvalue weighted by Gasteiger charge is 2.25. The van der Waals surface area contributed by atoms with E-state index in [-0.39, 0.29) is 22.1 Å². The molecule has 0 aliphatic rings. The fourth-order valence-corrected chi connectivity index (χ4v) is 4.19. The van der Waals surface area contributed by atoms with Crippen molar-refractivity contribution >= 4 is 21.0 Å². The average molecular weight is 362 g/mol. The minimum Gasteiger partial charge on any atom is -0.312 e. The van der Waals surface area contributed by atoms with Crippen molar-refractivity contribution in [1.82, 2.24) is 18.7 Å². The molecule has 3 aromatic rings. The maximum Gasteiger partial charge on any atom is 0.332 e. The largest absolute Gasteiger partial charge is 0.332 e. The third-order valence-electron chi connectivity index (χ3n) is 4.21. The van der Waals surface area contributed by atoms with Crippen molar-refractivity contribution in [2.24, 2.45) is 21.1 Å². The first-order valence-corrected chi connectivity index (χ1v) is 9.28. The SMILES string of the molecule is Cn1c(=O)c2c(nc(S(=O)(=O)CCc3ccccc3)n2C)n(C)c1=O. The van der Waals surface area contributed by atoms with Crippen LogP contribution in [0.2, 0.25) is 0 Å². The standard InChI is InChI=1S/C16H18N4O4S/c1-18-12-13(19(2)16(22)20(3)14(12)21)17-15(18)25(23,24)10-9-11-7-5-4-6-8-11/h4-8H,9-10H2,1-3H3. The van der Waals surface area contributed by atoms with Crippen molar-refractivity contribution in [1.29, 1.82) is 0 Å². The minimum atomic E-state index is -3.72.